The fourth-order valence-corrected chi connectivity index (χ4v) is 9.56. The molecule has 0 aliphatic heterocycles. The van der Waals surface area contributed by atoms with Crippen molar-refractivity contribution in [1.29, 1.82) is 0 Å². The highest BCUT2D eigenvalue weighted by atomic mass is 79.9. The summed E-state index contributed by atoms with van der Waals surface area (Å²) in [5.74, 6) is -2.49. The van der Waals surface area contributed by atoms with Crippen LogP contribution in [-0.4, -0.2) is 106 Å². The first-order valence-corrected chi connectivity index (χ1v) is 32.7. The lowest BCUT2D eigenvalue weighted by atomic mass is 10.0. The van der Waals surface area contributed by atoms with Gasteiger partial charge < -0.3 is 45.6 Å². The van der Waals surface area contributed by atoms with Gasteiger partial charge in [-0.2, -0.15) is 0 Å². The van der Waals surface area contributed by atoms with E-state index in [0.29, 0.717) is 51.5 Å². The molecule has 0 saturated carbocycles. The van der Waals surface area contributed by atoms with Crippen molar-refractivity contribution in [3.63, 3.8) is 0 Å². The lowest BCUT2D eigenvalue weighted by molar-refractivity contribution is -0.151. The predicted molar refractivity (Wildman–Crippen MR) is 306 cm³/mol. The summed E-state index contributed by atoms with van der Waals surface area (Å²) in [5, 5.41) is 22.0. The molecule has 0 aliphatic carbocycles. The van der Waals surface area contributed by atoms with E-state index in [4.69, 9.17) is 9.47 Å². The fourth-order valence-electron chi connectivity index (χ4n) is 9.01. The number of amides is 4. The number of nitrogens with one attached hydrogen (secondary N) is 4. The molecule has 0 radical (unpaired) electrons. The van der Waals surface area contributed by atoms with Gasteiger partial charge >= 0.3 is 19.8 Å². The van der Waals surface area contributed by atoms with Crippen molar-refractivity contribution in [3.05, 3.63) is 0 Å². The minimum atomic E-state index is -4.88. The number of phosphoric acid groups is 1. The number of halogens is 1. The van der Waals surface area contributed by atoms with Crippen LogP contribution < -0.4 is 21.3 Å². The second-order valence-electron chi connectivity index (χ2n) is 20.9. The number of unbranched alkanes of at least 4 members (excludes halogenated alkanes) is 26. The van der Waals surface area contributed by atoms with Gasteiger partial charge in [0.25, 0.3) is 0 Å². The first-order chi connectivity index (χ1) is 36.6. The Morgan fingerprint density at radius 1 is 0.500 bits per heavy atom. The van der Waals surface area contributed by atoms with Crippen LogP contribution in [-0.2, 0) is 47.3 Å². The van der Waals surface area contributed by atoms with E-state index in [1.165, 1.54) is 96.3 Å². The lowest BCUT2D eigenvalue weighted by Crippen LogP contribution is -2.48. The summed E-state index contributed by atoms with van der Waals surface area (Å²) in [4.78, 5) is 96.3. The molecule has 4 amide bonds. The van der Waals surface area contributed by atoms with Crippen molar-refractivity contribution < 1.29 is 62.2 Å². The number of carbonyl (C=O) groups excluding carboxylic acids is 6. The van der Waals surface area contributed by atoms with Gasteiger partial charge in [0.15, 0.2) is 0 Å². The maximum Gasteiger partial charge on any atom is 0.469 e. The molecule has 0 aromatic carbocycles. The quantitative estimate of drug-likeness (QED) is 0.0130. The molecule has 0 heterocycles. The minimum Gasteiger partial charge on any atom is -0.463 e. The molecule has 0 rings (SSSR count). The molecular weight excluding hydrogens is 1060 g/mol. The van der Waals surface area contributed by atoms with E-state index in [-0.39, 0.29) is 68.9 Å². The van der Waals surface area contributed by atoms with Gasteiger partial charge in [-0.1, -0.05) is 204 Å². The molecule has 0 aromatic heterocycles. The standard InChI is InChI=1S/C57H108BrN4O13P/c1-4-7-10-13-16-19-22-25-29-36-49(63)44-52(64)61-48(47-73-55(67)38-32-28-33-41-59-54(66)46-58)35-34-42-60-57(69)51(40-43-74-76(70,71)72)62-53(65)45-50(37-30-26-23-20-17-14-11-8-5-2)75-56(68)39-31-27-24-21-18-15-12-9-6-3/h48-51,63H,4-47H2,1-3H3,(H,59,66)(H,60,69)(H,61,64)(H,62,65)(H2,70,71,72)/t48-,49-,50-,51-/m1/s1. The zero-order valence-electron chi connectivity index (χ0n) is 47.7. The molecule has 0 bridgehead atoms. The smallest absolute Gasteiger partial charge is 0.463 e. The predicted octanol–water partition coefficient (Wildman–Crippen LogP) is 11.8. The normalized spacial score (nSPS) is 13.1. The van der Waals surface area contributed by atoms with E-state index in [1.807, 2.05) is 0 Å². The minimum absolute atomic E-state index is 0.0788. The van der Waals surface area contributed by atoms with Crippen LogP contribution in [0.5, 0.6) is 0 Å². The lowest BCUT2D eigenvalue weighted by Gasteiger charge is -2.22. The fraction of sp³-hybridized carbons (Fsp3) is 0.895. The Balaban J connectivity index is 5.63. The number of rotatable bonds is 55. The number of aliphatic hydroxyl groups excluding tert-OH is 1. The third-order valence-corrected chi connectivity index (χ3v) is 14.6. The third-order valence-electron chi connectivity index (χ3n) is 13.5. The first-order valence-electron chi connectivity index (χ1n) is 30.1. The highest BCUT2D eigenvalue weighted by molar-refractivity contribution is 9.09. The van der Waals surface area contributed by atoms with Crippen molar-refractivity contribution in [2.75, 3.05) is 31.6 Å². The highest BCUT2D eigenvalue weighted by Gasteiger charge is 2.26. The molecule has 17 nitrogen and oxygen atoms in total. The Kier molecular flexibility index (Phi) is 50.0. The Morgan fingerprint density at radius 2 is 0.961 bits per heavy atom. The van der Waals surface area contributed by atoms with E-state index in [1.54, 1.807) is 0 Å². The Morgan fingerprint density at radius 3 is 1.49 bits per heavy atom. The molecule has 0 spiro atoms. The monoisotopic (exact) mass is 1170 g/mol. The van der Waals surface area contributed by atoms with Crippen LogP contribution >= 0.6 is 23.8 Å². The first kappa shape index (κ1) is 73.4. The van der Waals surface area contributed by atoms with Gasteiger partial charge in [0.2, 0.25) is 23.6 Å². The maximum absolute atomic E-state index is 13.6. The number of aliphatic hydroxyl groups is 1. The summed E-state index contributed by atoms with van der Waals surface area (Å²) in [5.41, 5.74) is 0. The SMILES string of the molecule is CCCCCCCCCCCC(=O)O[C@H](CCCCCCCCCCC)CC(=O)N[C@H](CCOP(=O)(O)O)C(=O)NCCC[C@H](COC(=O)CCCCCNC(=O)CBr)NC(=O)C[C@H](O)CCCCCCCCCCC. The molecule has 4 atom stereocenters. The average molecular weight is 1170 g/mol. The van der Waals surface area contributed by atoms with E-state index < -0.39 is 62.4 Å². The van der Waals surface area contributed by atoms with Crippen LogP contribution in [0.3, 0.4) is 0 Å². The largest absolute Gasteiger partial charge is 0.469 e. The van der Waals surface area contributed by atoms with Gasteiger partial charge in [-0.15, -0.1) is 0 Å². The van der Waals surface area contributed by atoms with Crippen molar-refractivity contribution >= 4 is 59.3 Å². The van der Waals surface area contributed by atoms with Crippen molar-refractivity contribution in [2.24, 2.45) is 0 Å². The summed E-state index contributed by atoms with van der Waals surface area (Å²) in [6.45, 7) is 6.52. The van der Waals surface area contributed by atoms with Crippen LogP contribution in [0.4, 0.5) is 0 Å². The van der Waals surface area contributed by atoms with Gasteiger partial charge in [-0.25, -0.2) is 4.57 Å². The van der Waals surface area contributed by atoms with Gasteiger partial charge in [-0.3, -0.25) is 33.3 Å². The Labute approximate surface area is 467 Å². The van der Waals surface area contributed by atoms with Gasteiger partial charge in [0.1, 0.15) is 18.8 Å². The summed E-state index contributed by atoms with van der Waals surface area (Å²) >= 11 is 3.11. The second kappa shape index (κ2) is 51.8. The van der Waals surface area contributed by atoms with E-state index in [2.05, 4.69) is 62.5 Å². The van der Waals surface area contributed by atoms with Crippen LogP contribution in [0.1, 0.15) is 271 Å². The number of phosphoric ester groups is 1. The number of hydrogen-bond acceptors (Lipinski definition) is 11. The molecule has 7 N–H and O–H groups in total. The van der Waals surface area contributed by atoms with Crippen molar-refractivity contribution in [2.45, 2.75) is 295 Å². The summed E-state index contributed by atoms with van der Waals surface area (Å²) in [7, 11) is -4.88. The highest BCUT2D eigenvalue weighted by Crippen LogP contribution is 2.35. The second-order valence-corrected chi connectivity index (χ2v) is 22.7. The molecule has 0 aromatic rings. The zero-order valence-corrected chi connectivity index (χ0v) is 50.2. The average Bonchev–Trinajstić information content (AvgIpc) is 3.37. The third kappa shape index (κ3) is 49.6. The maximum atomic E-state index is 13.6. The molecule has 0 fully saturated rings. The van der Waals surface area contributed by atoms with Crippen LogP contribution in [0, 0.1) is 0 Å². The number of hydrogen-bond donors (Lipinski definition) is 7. The summed E-state index contributed by atoms with van der Waals surface area (Å²) in [6.07, 6.45) is 32.0. The molecule has 446 valence electrons. The molecule has 0 unspecified atom stereocenters. The molecule has 19 heteroatoms. The number of alkyl halides is 1. The topological polar surface area (TPSA) is 256 Å². The number of carbonyl (C=O) groups is 6. The Bertz CT molecular complexity index is 1530. The molecule has 0 saturated heterocycles. The van der Waals surface area contributed by atoms with Gasteiger partial charge in [0, 0.05) is 32.4 Å². The van der Waals surface area contributed by atoms with Gasteiger partial charge in [-0.05, 0) is 51.4 Å². The van der Waals surface area contributed by atoms with Gasteiger partial charge in [0.05, 0.1) is 36.9 Å². The van der Waals surface area contributed by atoms with Crippen LogP contribution in [0.2, 0.25) is 0 Å². The zero-order chi connectivity index (χ0) is 56.3. The van der Waals surface area contributed by atoms with E-state index in [9.17, 15) is 48.2 Å². The molecular formula is C57H108BrN4O13P. The molecule has 0 aliphatic rings. The Hall–Kier alpha value is -2.63. The number of ether oxygens (including phenoxy) is 2. The summed E-state index contributed by atoms with van der Waals surface area (Å²) in [6, 6.07) is -1.87. The van der Waals surface area contributed by atoms with E-state index >= 15 is 0 Å². The van der Waals surface area contributed by atoms with Crippen LogP contribution in [0.15, 0.2) is 0 Å². The summed E-state index contributed by atoms with van der Waals surface area (Å²) < 4.78 is 27.6. The van der Waals surface area contributed by atoms with Crippen LogP contribution in [0.25, 0.3) is 0 Å². The van der Waals surface area contributed by atoms with E-state index in [0.717, 1.165) is 70.6 Å². The molecule has 76 heavy (non-hydrogen) atoms. The number of esters is 2. The van der Waals surface area contributed by atoms with Crippen molar-refractivity contribution in [3.8, 4) is 0 Å². The van der Waals surface area contributed by atoms with Crippen molar-refractivity contribution in [1.82, 2.24) is 21.3 Å².